The molecule has 1 heterocycles. The van der Waals surface area contributed by atoms with E-state index in [-0.39, 0.29) is 24.5 Å². The summed E-state index contributed by atoms with van der Waals surface area (Å²) >= 11 is 1.25. The summed E-state index contributed by atoms with van der Waals surface area (Å²) in [5.74, 6) is -0.610. The number of esters is 1. The second-order valence-electron chi connectivity index (χ2n) is 7.61. The maximum atomic E-state index is 12.8. The van der Waals surface area contributed by atoms with Crippen molar-refractivity contribution < 1.29 is 24.0 Å². The second kappa shape index (κ2) is 11.8. The number of nitrogens with one attached hydrogen (secondary N) is 1. The van der Waals surface area contributed by atoms with Crippen LogP contribution in [0.15, 0.2) is 54.1 Å². The van der Waals surface area contributed by atoms with E-state index in [1.54, 1.807) is 50.2 Å². The van der Waals surface area contributed by atoms with Crippen molar-refractivity contribution in [3.63, 3.8) is 0 Å². The Morgan fingerprint density at radius 3 is 2.39 bits per heavy atom. The molecule has 3 rings (SSSR count). The molecule has 0 fully saturated rings. The molecule has 184 valence electrons. The van der Waals surface area contributed by atoms with Crippen LogP contribution >= 0.6 is 11.3 Å². The summed E-state index contributed by atoms with van der Waals surface area (Å²) in [6, 6.07) is 14.7. The van der Waals surface area contributed by atoms with Crippen LogP contribution in [0, 0.1) is 35.3 Å². The number of non-ortho nitro benzene ring substituents is 1. The van der Waals surface area contributed by atoms with E-state index in [4.69, 9.17) is 9.47 Å². The first-order chi connectivity index (χ1) is 17.2. The standard InChI is InChI=1S/C26H23N3O6S/c1-4-34-26(31)23-16(2)17(3)36-25(23)28-24(30)20(14-27)13-18-7-11-22(12-8-18)35-15-19-5-9-21(10-6-19)29(32)33/h5-13H,4,15H2,1-3H3,(H,28,30)/b20-13+. The molecule has 36 heavy (non-hydrogen) atoms. The quantitative estimate of drug-likeness (QED) is 0.132. The average molecular weight is 506 g/mol. The topological polar surface area (TPSA) is 132 Å². The van der Waals surface area contributed by atoms with Crippen LogP contribution in [0.25, 0.3) is 6.08 Å². The largest absolute Gasteiger partial charge is 0.489 e. The number of carbonyl (C=O) groups excluding carboxylic acids is 2. The van der Waals surface area contributed by atoms with Gasteiger partial charge in [-0.15, -0.1) is 11.3 Å². The van der Waals surface area contributed by atoms with Crippen molar-refractivity contribution in [2.24, 2.45) is 0 Å². The third kappa shape index (κ3) is 6.34. The van der Waals surface area contributed by atoms with Gasteiger partial charge in [0.05, 0.1) is 17.1 Å². The number of anilines is 1. The first-order valence-corrected chi connectivity index (χ1v) is 11.7. The van der Waals surface area contributed by atoms with Gasteiger partial charge in [0.15, 0.2) is 0 Å². The van der Waals surface area contributed by atoms with Gasteiger partial charge in [-0.2, -0.15) is 5.26 Å². The summed E-state index contributed by atoms with van der Waals surface area (Å²) < 4.78 is 10.8. The molecule has 2 aromatic carbocycles. The average Bonchev–Trinajstić information content (AvgIpc) is 3.14. The van der Waals surface area contributed by atoms with E-state index in [1.807, 2.05) is 13.0 Å². The van der Waals surface area contributed by atoms with Gasteiger partial charge in [0.1, 0.15) is 29.0 Å². The van der Waals surface area contributed by atoms with Crippen LogP contribution in [-0.4, -0.2) is 23.4 Å². The lowest BCUT2D eigenvalue weighted by Gasteiger charge is -2.08. The number of thiophene rings is 1. The number of nitriles is 1. The van der Waals surface area contributed by atoms with Crippen molar-refractivity contribution in [1.29, 1.82) is 5.26 Å². The number of rotatable bonds is 9. The Morgan fingerprint density at radius 1 is 1.14 bits per heavy atom. The van der Waals surface area contributed by atoms with Gasteiger partial charge in [-0.05, 0) is 67.8 Å². The lowest BCUT2D eigenvalue weighted by molar-refractivity contribution is -0.384. The van der Waals surface area contributed by atoms with Gasteiger partial charge in [0.25, 0.3) is 11.6 Å². The molecule has 0 radical (unpaired) electrons. The van der Waals surface area contributed by atoms with Crippen molar-refractivity contribution in [3.05, 3.63) is 91.3 Å². The lowest BCUT2D eigenvalue weighted by atomic mass is 10.1. The van der Waals surface area contributed by atoms with Gasteiger partial charge in [0, 0.05) is 17.0 Å². The van der Waals surface area contributed by atoms with Gasteiger partial charge in [0.2, 0.25) is 0 Å². The SMILES string of the molecule is CCOC(=O)c1c(NC(=O)/C(C#N)=C/c2ccc(OCc3ccc([N+](=O)[O-])cc3)cc2)sc(C)c1C. The smallest absolute Gasteiger partial charge is 0.341 e. The van der Waals surface area contributed by atoms with Gasteiger partial charge in [-0.1, -0.05) is 12.1 Å². The zero-order chi connectivity index (χ0) is 26.2. The molecule has 0 aliphatic rings. The number of carbonyl (C=O) groups is 2. The second-order valence-corrected chi connectivity index (χ2v) is 8.84. The normalized spacial score (nSPS) is 10.9. The highest BCUT2D eigenvalue weighted by molar-refractivity contribution is 7.16. The fraction of sp³-hybridized carbons (Fsp3) is 0.192. The molecular formula is C26H23N3O6S. The first-order valence-electron chi connectivity index (χ1n) is 10.9. The predicted molar refractivity (Wildman–Crippen MR) is 136 cm³/mol. The molecule has 10 heteroatoms. The van der Waals surface area contributed by atoms with Crippen molar-refractivity contribution >= 4 is 40.0 Å². The van der Waals surface area contributed by atoms with E-state index < -0.39 is 16.8 Å². The van der Waals surface area contributed by atoms with Crippen molar-refractivity contribution in [2.75, 3.05) is 11.9 Å². The molecule has 0 saturated heterocycles. The molecule has 0 spiro atoms. The number of benzene rings is 2. The maximum absolute atomic E-state index is 12.8. The Labute approximate surface area is 211 Å². The van der Waals surface area contributed by atoms with E-state index in [9.17, 15) is 25.0 Å². The zero-order valence-electron chi connectivity index (χ0n) is 19.9. The zero-order valence-corrected chi connectivity index (χ0v) is 20.7. The third-order valence-electron chi connectivity index (χ3n) is 5.20. The summed E-state index contributed by atoms with van der Waals surface area (Å²) in [5.41, 5.74) is 2.27. The molecule has 0 aliphatic carbocycles. The highest BCUT2D eigenvalue weighted by Gasteiger charge is 2.23. The Bertz CT molecular complexity index is 1350. The molecule has 0 unspecified atom stereocenters. The third-order valence-corrected chi connectivity index (χ3v) is 6.32. The summed E-state index contributed by atoms with van der Waals surface area (Å²) in [5, 5.41) is 23.3. The predicted octanol–water partition coefficient (Wildman–Crippen LogP) is 5.57. The Kier molecular flexibility index (Phi) is 8.54. The van der Waals surface area contributed by atoms with Crippen LogP contribution in [0.4, 0.5) is 10.7 Å². The number of nitrogens with zero attached hydrogens (tertiary/aromatic N) is 2. The van der Waals surface area contributed by atoms with Crippen molar-refractivity contribution in [2.45, 2.75) is 27.4 Å². The van der Waals surface area contributed by atoms with Crippen LogP contribution < -0.4 is 10.1 Å². The molecule has 1 amide bonds. The van der Waals surface area contributed by atoms with Gasteiger partial charge < -0.3 is 14.8 Å². The maximum Gasteiger partial charge on any atom is 0.341 e. The number of hydrogen-bond donors (Lipinski definition) is 1. The minimum Gasteiger partial charge on any atom is -0.489 e. The van der Waals surface area contributed by atoms with Crippen LogP contribution in [-0.2, 0) is 16.1 Å². The summed E-state index contributed by atoms with van der Waals surface area (Å²) in [4.78, 5) is 36.3. The van der Waals surface area contributed by atoms with E-state index in [0.29, 0.717) is 21.9 Å². The van der Waals surface area contributed by atoms with Crippen molar-refractivity contribution in [3.8, 4) is 11.8 Å². The van der Waals surface area contributed by atoms with Gasteiger partial charge in [-0.25, -0.2) is 4.79 Å². The lowest BCUT2D eigenvalue weighted by Crippen LogP contribution is -2.16. The minimum absolute atomic E-state index is 0.00804. The monoisotopic (exact) mass is 505 g/mol. The van der Waals surface area contributed by atoms with Crippen molar-refractivity contribution in [1.82, 2.24) is 0 Å². The van der Waals surface area contributed by atoms with Crippen LogP contribution in [0.5, 0.6) is 5.75 Å². The summed E-state index contributed by atoms with van der Waals surface area (Å²) in [6.45, 7) is 5.75. The number of hydrogen-bond acceptors (Lipinski definition) is 8. The number of nitro benzene ring substituents is 1. The highest BCUT2D eigenvalue weighted by Crippen LogP contribution is 2.33. The van der Waals surface area contributed by atoms with Crippen LogP contribution in [0.3, 0.4) is 0 Å². The van der Waals surface area contributed by atoms with E-state index in [1.165, 1.54) is 29.5 Å². The van der Waals surface area contributed by atoms with E-state index >= 15 is 0 Å². The van der Waals surface area contributed by atoms with E-state index in [0.717, 1.165) is 16.0 Å². The molecule has 1 aromatic heterocycles. The molecule has 0 aliphatic heterocycles. The van der Waals surface area contributed by atoms with Crippen LogP contribution in [0.1, 0.15) is 38.8 Å². The van der Waals surface area contributed by atoms with Gasteiger partial charge >= 0.3 is 5.97 Å². The molecule has 0 atom stereocenters. The fourth-order valence-corrected chi connectivity index (χ4v) is 4.23. The molecule has 0 saturated carbocycles. The van der Waals surface area contributed by atoms with E-state index in [2.05, 4.69) is 5.32 Å². The fourth-order valence-electron chi connectivity index (χ4n) is 3.19. The summed E-state index contributed by atoms with van der Waals surface area (Å²) in [6.07, 6.45) is 1.44. The molecule has 3 aromatic rings. The van der Waals surface area contributed by atoms with Crippen LogP contribution in [0.2, 0.25) is 0 Å². The Morgan fingerprint density at radius 2 is 1.81 bits per heavy atom. The molecule has 9 nitrogen and oxygen atoms in total. The number of amides is 1. The molecular weight excluding hydrogens is 482 g/mol. The highest BCUT2D eigenvalue weighted by atomic mass is 32.1. The molecule has 1 N–H and O–H groups in total. The molecule has 0 bridgehead atoms. The first kappa shape index (κ1) is 26.1. The Hall–Kier alpha value is -4.49. The van der Waals surface area contributed by atoms with Gasteiger partial charge in [-0.3, -0.25) is 14.9 Å². The summed E-state index contributed by atoms with van der Waals surface area (Å²) in [7, 11) is 0. The minimum atomic E-state index is -0.636. The number of ether oxygens (including phenoxy) is 2. The number of nitro groups is 1. The Balaban J connectivity index is 1.69. The number of aryl methyl sites for hydroxylation is 1.